The first kappa shape index (κ1) is 28.1. The quantitative estimate of drug-likeness (QED) is 0.275. The normalized spacial score (nSPS) is 13.2. The first-order chi connectivity index (χ1) is 17.0. The summed E-state index contributed by atoms with van der Waals surface area (Å²) in [5.74, 6) is -1.15. The molecule has 3 aromatic rings. The standard InChI is InChI=1S/C24H21F6N3O3S/c1-5-37(35,36)19-11-16(15-6-8-17(9-7-15)24(28,29)30)12-31-20(19)22-32-18(10-13(2)23(25,26)27)21(14(3)34)33(22)4/h6-12H,5H2,1-4H3/b13-10+. The van der Waals surface area contributed by atoms with E-state index in [2.05, 4.69) is 9.97 Å². The van der Waals surface area contributed by atoms with Crippen LogP contribution in [0.25, 0.3) is 28.7 Å². The van der Waals surface area contributed by atoms with Gasteiger partial charge in [-0.25, -0.2) is 13.4 Å². The topological polar surface area (TPSA) is 81.9 Å². The lowest BCUT2D eigenvalue weighted by molar-refractivity contribution is -0.137. The highest BCUT2D eigenvalue weighted by atomic mass is 32.2. The van der Waals surface area contributed by atoms with Gasteiger partial charge >= 0.3 is 12.4 Å². The maximum Gasteiger partial charge on any atom is 0.416 e. The number of carbonyl (C=O) groups is 1. The van der Waals surface area contributed by atoms with Gasteiger partial charge < -0.3 is 4.57 Å². The van der Waals surface area contributed by atoms with Crippen LogP contribution in [0.15, 0.2) is 47.0 Å². The Hall–Kier alpha value is -3.48. The van der Waals surface area contributed by atoms with E-state index >= 15 is 0 Å². The van der Waals surface area contributed by atoms with Gasteiger partial charge in [-0.3, -0.25) is 9.78 Å². The number of rotatable bonds is 6. The third kappa shape index (κ3) is 5.76. The van der Waals surface area contributed by atoms with Gasteiger partial charge in [-0.15, -0.1) is 0 Å². The molecule has 6 nitrogen and oxygen atoms in total. The van der Waals surface area contributed by atoms with Gasteiger partial charge in [0.25, 0.3) is 0 Å². The Bertz CT molecular complexity index is 1490. The zero-order valence-corrected chi connectivity index (χ0v) is 20.8. The third-order valence-corrected chi connectivity index (χ3v) is 7.32. The number of aromatic nitrogens is 3. The van der Waals surface area contributed by atoms with E-state index in [1.807, 2.05) is 0 Å². The lowest BCUT2D eigenvalue weighted by Crippen LogP contribution is -2.10. The molecule has 0 N–H and O–H groups in total. The van der Waals surface area contributed by atoms with Crippen LogP contribution in [0.3, 0.4) is 0 Å². The minimum atomic E-state index is -4.68. The minimum absolute atomic E-state index is 0.169. The van der Waals surface area contributed by atoms with Gasteiger partial charge in [0.15, 0.2) is 21.4 Å². The Kier molecular flexibility index (Phi) is 7.42. The number of halogens is 6. The largest absolute Gasteiger partial charge is 0.416 e. The van der Waals surface area contributed by atoms with E-state index in [4.69, 9.17) is 0 Å². The molecule has 2 heterocycles. The SMILES string of the molecule is CCS(=O)(=O)c1cc(-c2ccc(C(F)(F)F)cc2)cnc1-c1nc(/C=C(\C)C(F)(F)F)c(C(C)=O)n1C. The predicted octanol–water partition coefficient (Wildman–Crippen LogP) is 6.13. The van der Waals surface area contributed by atoms with Crippen LogP contribution in [0.2, 0.25) is 0 Å². The number of carbonyl (C=O) groups excluding carboxylic acids is 1. The molecule has 3 rings (SSSR count). The fourth-order valence-electron chi connectivity index (χ4n) is 3.55. The van der Waals surface area contributed by atoms with E-state index in [0.717, 1.165) is 30.5 Å². The lowest BCUT2D eigenvalue weighted by Gasteiger charge is -2.12. The maximum atomic E-state index is 13.1. The second kappa shape index (κ2) is 9.77. The number of sulfone groups is 1. The zero-order chi connectivity index (χ0) is 27.9. The molecule has 13 heteroatoms. The van der Waals surface area contributed by atoms with Crippen molar-refractivity contribution in [2.75, 3.05) is 5.75 Å². The fraction of sp³-hybridized carbons (Fsp3) is 0.292. The molecule has 0 aliphatic rings. The van der Waals surface area contributed by atoms with E-state index < -0.39 is 39.1 Å². The van der Waals surface area contributed by atoms with Crippen molar-refractivity contribution in [1.29, 1.82) is 0 Å². The lowest BCUT2D eigenvalue weighted by atomic mass is 10.0. The Morgan fingerprint density at radius 1 is 1.03 bits per heavy atom. The molecule has 37 heavy (non-hydrogen) atoms. The van der Waals surface area contributed by atoms with Gasteiger partial charge in [-0.05, 0) is 36.8 Å². The summed E-state index contributed by atoms with van der Waals surface area (Å²) in [7, 11) is -2.66. The summed E-state index contributed by atoms with van der Waals surface area (Å²) in [6, 6.07) is 5.23. The Balaban J connectivity index is 2.25. The number of benzene rings is 1. The summed E-state index contributed by atoms with van der Waals surface area (Å²) in [5.41, 5.74) is -2.17. The number of alkyl halides is 6. The highest BCUT2D eigenvalue weighted by Crippen LogP contribution is 2.35. The van der Waals surface area contributed by atoms with E-state index in [1.54, 1.807) is 0 Å². The summed E-state index contributed by atoms with van der Waals surface area (Å²) >= 11 is 0. The first-order valence-corrected chi connectivity index (χ1v) is 12.4. The van der Waals surface area contributed by atoms with E-state index in [0.29, 0.717) is 6.08 Å². The molecule has 0 spiro atoms. The Morgan fingerprint density at radius 2 is 1.62 bits per heavy atom. The number of ketones is 1. The third-order valence-electron chi connectivity index (χ3n) is 5.58. The summed E-state index contributed by atoms with van der Waals surface area (Å²) < 4.78 is 105. The van der Waals surface area contributed by atoms with Crippen molar-refractivity contribution < 1.29 is 39.6 Å². The zero-order valence-electron chi connectivity index (χ0n) is 20.0. The molecule has 198 valence electrons. The molecule has 2 aromatic heterocycles. The smallest absolute Gasteiger partial charge is 0.323 e. The van der Waals surface area contributed by atoms with Crippen LogP contribution in [0, 0.1) is 0 Å². The molecular formula is C24H21F6N3O3S. The van der Waals surface area contributed by atoms with Crippen LogP contribution < -0.4 is 0 Å². The highest BCUT2D eigenvalue weighted by Gasteiger charge is 2.32. The average molecular weight is 546 g/mol. The summed E-state index contributed by atoms with van der Waals surface area (Å²) in [6.45, 7) is 3.30. The van der Waals surface area contributed by atoms with Crippen LogP contribution in [-0.2, 0) is 23.1 Å². The van der Waals surface area contributed by atoms with Crippen molar-refractivity contribution >= 4 is 21.7 Å². The molecule has 0 aliphatic carbocycles. The molecule has 0 saturated carbocycles. The van der Waals surface area contributed by atoms with E-state index in [1.165, 1.54) is 38.4 Å². The molecule has 0 amide bonds. The van der Waals surface area contributed by atoms with Gasteiger partial charge in [-0.1, -0.05) is 19.1 Å². The number of allylic oxidation sites excluding steroid dienone is 1. The van der Waals surface area contributed by atoms with Crippen LogP contribution in [0.5, 0.6) is 0 Å². The van der Waals surface area contributed by atoms with Crippen LogP contribution in [0.1, 0.15) is 42.5 Å². The predicted molar refractivity (Wildman–Crippen MR) is 124 cm³/mol. The Morgan fingerprint density at radius 3 is 2.11 bits per heavy atom. The summed E-state index contributed by atoms with van der Waals surface area (Å²) in [5, 5.41) is 0. The summed E-state index contributed by atoms with van der Waals surface area (Å²) in [6.07, 6.45) is -7.33. The highest BCUT2D eigenvalue weighted by molar-refractivity contribution is 7.91. The van der Waals surface area contributed by atoms with Crippen LogP contribution in [0.4, 0.5) is 26.3 Å². The van der Waals surface area contributed by atoms with Gasteiger partial charge in [-0.2, -0.15) is 26.3 Å². The number of Topliss-reactive ketones (excluding diaryl/α,β-unsaturated/α-hetero) is 1. The van der Waals surface area contributed by atoms with Gasteiger partial charge in [0, 0.05) is 31.3 Å². The van der Waals surface area contributed by atoms with Crippen LogP contribution in [-0.4, -0.2) is 40.7 Å². The second-order valence-corrected chi connectivity index (χ2v) is 10.4. The number of hydrogen-bond acceptors (Lipinski definition) is 5. The minimum Gasteiger partial charge on any atom is -0.323 e. The molecular weight excluding hydrogens is 524 g/mol. The van der Waals surface area contributed by atoms with Crippen molar-refractivity contribution in [3.05, 3.63) is 59.1 Å². The molecule has 0 aliphatic heterocycles. The summed E-state index contributed by atoms with van der Waals surface area (Å²) in [4.78, 5) is 20.2. The first-order valence-electron chi connectivity index (χ1n) is 10.7. The molecule has 0 fully saturated rings. The monoisotopic (exact) mass is 545 g/mol. The number of hydrogen-bond donors (Lipinski definition) is 0. The fourth-order valence-corrected chi connectivity index (χ4v) is 4.61. The number of pyridine rings is 1. The van der Waals surface area contributed by atoms with Gasteiger partial charge in [0.2, 0.25) is 0 Å². The van der Waals surface area contributed by atoms with Gasteiger partial charge in [0.05, 0.1) is 21.9 Å². The molecule has 0 bridgehead atoms. The molecule has 0 saturated heterocycles. The average Bonchev–Trinajstić information content (AvgIpc) is 3.13. The second-order valence-electron chi connectivity index (χ2n) is 8.16. The molecule has 1 aromatic carbocycles. The number of imidazole rings is 1. The number of nitrogens with zero attached hydrogens (tertiary/aromatic N) is 3. The van der Waals surface area contributed by atoms with E-state index in [-0.39, 0.29) is 44.7 Å². The van der Waals surface area contributed by atoms with Crippen LogP contribution >= 0.6 is 0 Å². The van der Waals surface area contributed by atoms with E-state index in [9.17, 15) is 39.6 Å². The van der Waals surface area contributed by atoms with Crippen molar-refractivity contribution in [2.24, 2.45) is 7.05 Å². The molecule has 0 atom stereocenters. The van der Waals surface area contributed by atoms with Gasteiger partial charge in [0.1, 0.15) is 11.4 Å². The van der Waals surface area contributed by atoms with Crippen molar-refractivity contribution in [3.63, 3.8) is 0 Å². The molecule has 0 radical (unpaired) electrons. The van der Waals surface area contributed by atoms with Crippen molar-refractivity contribution in [1.82, 2.24) is 14.5 Å². The van der Waals surface area contributed by atoms with Crippen molar-refractivity contribution in [2.45, 2.75) is 38.0 Å². The molecule has 0 unspecified atom stereocenters. The maximum absolute atomic E-state index is 13.1. The van der Waals surface area contributed by atoms with Crippen molar-refractivity contribution in [3.8, 4) is 22.6 Å². The Labute approximate surface area is 208 Å².